The monoisotopic (exact) mass is 434 g/mol. The molecule has 3 aliphatic rings. The fraction of sp³-hybridized carbons (Fsp3) is 0.462. The van der Waals surface area contributed by atoms with Crippen LogP contribution in [0.25, 0.3) is 0 Å². The quantitative estimate of drug-likeness (QED) is 0.745. The highest BCUT2D eigenvalue weighted by Gasteiger charge is 2.45. The number of hydrogen-bond donors (Lipinski definition) is 0. The molecule has 2 aromatic carbocycles. The van der Waals surface area contributed by atoms with Crippen LogP contribution in [0.3, 0.4) is 0 Å². The maximum absolute atomic E-state index is 12.9. The number of nitrogens with zero attached hydrogens (tertiary/aromatic N) is 2. The topological polar surface area (TPSA) is 59.1 Å². The molecule has 6 nitrogen and oxygen atoms in total. The van der Waals surface area contributed by atoms with E-state index in [1.54, 1.807) is 0 Å². The van der Waals surface area contributed by atoms with Gasteiger partial charge in [0.15, 0.2) is 0 Å². The van der Waals surface area contributed by atoms with Crippen LogP contribution < -0.4 is 0 Å². The van der Waals surface area contributed by atoms with Crippen molar-refractivity contribution in [2.75, 3.05) is 39.4 Å². The summed E-state index contributed by atoms with van der Waals surface area (Å²) in [6.45, 7) is 3.82. The van der Waals surface area contributed by atoms with Crippen molar-refractivity contribution in [2.24, 2.45) is 0 Å². The second-order valence-electron chi connectivity index (χ2n) is 8.95. The Morgan fingerprint density at radius 1 is 0.875 bits per heavy atom. The first-order valence-corrected chi connectivity index (χ1v) is 11.6. The van der Waals surface area contributed by atoms with Gasteiger partial charge in [0.05, 0.1) is 31.3 Å². The summed E-state index contributed by atoms with van der Waals surface area (Å²) < 4.78 is 12.1. The Morgan fingerprint density at radius 3 is 2.31 bits per heavy atom. The molecule has 5 rings (SSSR count). The van der Waals surface area contributed by atoms with E-state index in [-0.39, 0.29) is 17.9 Å². The van der Waals surface area contributed by atoms with Crippen molar-refractivity contribution in [3.63, 3.8) is 0 Å². The molecule has 0 aromatic heterocycles. The Hall–Kier alpha value is -2.70. The average molecular weight is 435 g/mol. The van der Waals surface area contributed by atoms with Crippen LogP contribution in [-0.2, 0) is 26.3 Å². The zero-order valence-corrected chi connectivity index (χ0v) is 18.4. The van der Waals surface area contributed by atoms with E-state index in [9.17, 15) is 9.59 Å². The van der Waals surface area contributed by atoms with Gasteiger partial charge < -0.3 is 19.3 Å². The zero-order valence-electron chi connectivity index (χ0n) is 18.4. The van der Waals surface area contributed by atoms with Crippen molar-refractivity contribution in [3.05, 3.63) is 71.3 Å². The number of hydrogen-bond acceptors (Lipinski definition) is 4. The molecule has 0 unspecified atom stereocenters. The third kappa shape index (κ3) is 4.17. The van der Waals surface area contributed by atoms with Crippen LogP contribution in [0, 0.1) is 0 Å². The molecule has 0 aliphatic carbocycles. The molecule has 168 valence electrons. The van der Waals surface area contributed by atoms with Crippen molar-refractivity contribution in [3.8, 4) is 0 Å². The summed E-state index contributed by atoms with van der Waals surface area (Å²) in [5.74, 6) is 0.216. The lowest BCUT2D eigenvalue weighted by Crippen LogP contribution is -2.51. The van der Waals surface area contributed by atoms with Gasteiger partial charge in [-0.25, -0.2) is 0 Å². The molecule has 3 heterocycles. The average Bonchev–Trinajstić information content (AvgIpc) is 2.85. The number of carbonyl (C=O) groups excluding carboxylic acids is 2. The Bertz CT molecular complexity index is 963. The Morgan fingerprint density at radius 2 is 1.56 bits per heavy atom. The molecule has 6 heteroatoms. The van der Waals surface area contributed by atoms with E-state index in [1.807, 2.05) is 40.1 Å². The first kappa shape index (κ1) is 21.2. The van der Waals surface area contributed by atoms with Crippen molar-refractivity contribution >= 4 is 11.8 Å². The van der Waals surface area contributed by atoms with Crippen LogP contribution in [0.1, 0.15) is 40.7 Å². The lowest BCUT2D eigenvalue weighted by atomic mass is 9.77. The number of amides is 2. The Balaban J connectivity index is 1.31. The Labute approximate surface area is 189 Å². The predicted molar refractivity (Wildman–Crippen MR) is 120 cm³/mol. The number of fused-ring (bicyclic) bond motifs is 2. The van der Waals surface area contributed by atoms with Crippen LogP contribution in [-0.4, -0.2) is 67.1 Å². The standard InChI is InChI=1S/C26H30N2O4/c29-24(27-14-16-31-17-15-27)19-22-18-21-8-4-5-9-23(21)26(32-22)10-12-28(13-11-26)25(30)20-6-2-1-3-7-20/h1-9,22H,10-19H2/t22-/m1/s1. The number of rotatable bonds is 3. The third-order valence-corrected chi connectivity index (χ3v) is 6.99. The van der Waals surface area contributed by atoms with Gasteiger partial charge in [0.2, 0.25) is 5.91 Å². The molecule has 2 amide bonds. The molecule has 2 saturated heterocycles. The molecule has 0 bridgehead atoms. The van der Waals surface area contributed by atoms with E-state index in [4.69, 9.17) is 9.47 Å². The van der Waals surface area contributed by atoms with E-state index in [1.165, 1.54) is 11.1 Å². The van der Waals surface area contributed by atoms with Crippen LogP contribution in [0.5, 0.6) is 0 Å². The molecule has 32 heavy (non-hydrogen) atoms. The van der Waals surface area contributed by atoms with Gasteiger partial charge >= 0.3 is 0 Å². The highest BCUT2D eigenvalue weighted by Crippen LogP contribution is 2.44. The largest absolute Gasteiger partial charge is 0.378 e. The summed E-state index contributed by atoms with van der Waals surface area (Å²) in [6.07, 6.45) is 2.48. The van der Waals surface area contributed by atoms with Crippen molar-refractivity contribution in [1.29, 1.82) is 0 Å². The number of benzene rings is 2. The van der Waals surface area contributed by atoms with Crippen molar-refractivity contribution in [2.45, 2.75) is 37.4 Å². The molecular formula is C26H30N2O4. The molecule has 3 aliphatic heterocycles. The summed E-state index contributed by atoms with van der Waals surface area (Å²) in [5.41, 5.74) is 2.78. The van der Waals surface area contributed by atoms with Gasteiger partial charge in [-0.2, -0.15) is 0 Å². The number of likely N-dealkylation sites (tertiary alicyclic amines) is 1. The maximum Gasteiger partial charge on any atom is 0.253 e. The summed E-state index contributed by atoms with van der Waals surface area (Å²) >= 11 is 0. The number of carbonyl (C=O) groups is 2. The van der Waals surface area contributed by atoms with Gasteiger partial charge in [-0.3, -0.25) is 9.59 Å². The van der Waals surface area contributed by atoms with Crippen molar-refractivity contribution < 1.29 is 19.1 Å². The predicted octanol–water partition coefficient (Wildman–Crippen LogP) is 3.01. The van der Waals surface area contributed by atoms with Crippen LogP contribution in [0.15, 0.2) is 54.6 Å². The third-order valence-electron chi connectivity index (χ3n) is 6.99. The summed E-state index contributed by atoms with van der Waals surface area (Å²) in [5, 5.41) is 0. The minimum absolute atomic E-state index is 0.0728. The van der Waals surface area contributed by atoms with E-state index in [0.717, 1.165) is 24.8 Å². The second kappa shape index (κ2) is 9.04. The number of morpholine rings is 1. The molecule has 1 atom stereocenters. The fourth-order valence-electron chi connectivity index (χ4n) is 5.28. The van der Waals surface area contributed by atoms with Crippen LogP contribution >= 0.6 is 0 Å². The van der Waals surface area contributed by atoms with E-state index in [0.29, 0.717) is 45.8 Å². The SMILES string of the molecule is O=C(C[C@H]1Cc2ccccc2C2(CCN(C(=O)c3ccccc3)CC2)O1)N1CCOCC1. The van der Waals surface area contributed by atoms with E-state index >= 15 is 0 Å². The molecule has 0 N–H and O–H groups in total. The lowest BCUT2D eigenvalue weighted by molar-refractivity contribution is -0.155. The zero-order chi connectivity index (χ0) is 22.0. The maximum atomic E-state index is 12.9. The number of piperidine rings is 1. The second-order valence-corrected chi connectivity index (χ2v) is 8.95. The first-order valence-electron chi connectivity index (χ1n) is 11.6. The smallest absolute Gasteiger partial charge is 0.253 e. The molecule has 0 saturated carbocycles. The van der Waals surface area contributed by atoms with Crippen LogP contribution in [0.4, 0.5) is 0 Å². The Kier molecular flexibility index (Phi) is 5.98. The fourth-order valence-corrected chi connectivity index (χ4v) is 5.28. The molecular weight excluding hydrogens is 404 g/mol. The van der Waals surface area contributed by atoms with Gasteiger partial charge in [0, 0.05) is 31.7 Å². The van der Waals surface area contributed by atoms with Crippen molar-refractivity contribution in [1.82, 2.24) is 9.80 Å². The molecule has 0 radical (unpaired) electrons. The van der Waals surface area contributed by atoms with Gasteiger partial charge in [0.25, 0.3) is 5.91 Å². The van der Waals surface area contributed by atoms with Gasteiger partial charge in [-0.05, 0) is 42.5 Å². The minimum Gasteiger partial charge on any atom is -0.378 e. The highest BCUT2D eigenvalue weighted by atomic mass is 16.5. The molecule has 1 spiro atoms. The lowest BCUT2D eigenvalue weighted by Gasteiger charge is -2.47. The van der Waals surface area contributed by atoms with Gasteiger partial charge in [-0.1, -0.05) is 42.5 Å². The summed E-state index contributed by atoms with van der Waals surface area (Å²) in [4.78, 5) is 29.6. The normalized spacial score (nSPS) is 22.4. The van der Waals surface area contributed by atoms with Gasteiger partial charge in [-0.15, -0.1) is 0 Å². The van der Waals surface area contributed by atoms with E-state index in [2.05, 4.69) is 24.3 Å². The van der Waals surface area contributed by atoms with Crippen LogP contribution in [0.2, 0.25) is 0 Å². The highest BCUT2D eigenvalue weighted by molar-refractivity contribution is 5.94. The summed E-state index contributed by atoms with van der Waals surface area (Å²) in [7, 11) is 0. The number of ether oxygens (including phenoxy) is 2. The summed E-state index contributed by atoms with van der Waals surface area (Å²) in [6, 6.07) is 17.9. The van der Waals surface area contributed by atoms with Gasteiger partial charge in [0.1, 0.15) is 0 Å². The minimum atomic E-state index is -0.432. The first-order chi connectivity index (χ1) is 15.6. The molecule has 2 aromatic rings. The molecule has 2 fully saturated rings. The van der Waals surface area contributed by atoms with E-state index < -0.39 is 5.60 Å².